The minimum atomic E-state index is -0.562. The molecule has 3 amide bonds. The van der Waals surface area contributed by atoms with Crippen molar-refractivity contribution in [1.82, 2.24) is 15.1 Å². The van der Waals surface area contributed by atoms with Crippen LogP contribution in [0.4, 0.5) is 10.8 Å². The highest BCUT2D eigenvalue weighted by molar-refractivity contribution is 7.15. The Balaban J connectivity index is 1.46. The molecule has 5 rings (SSSR count). The van der Waals surface area contributed by atoms with Gasteiger partial charge in [-0.25, -0.2) is 0 Å². The van der Waals surface area contributed by atoms with Crippen molar-refractivity contribution in [1.29, 1.82) is 0 Å². The molecule has 0 bridgehead atoms. The predicted octanol–water partition coefficient (Wildman–Crippen LogP) is 2.99. The van der Waals surface area contributed by atoms with Crippen LogP contribution in [0.3, 0.4) is 0 Å². The number of anilines is 2. The third-order valence-electron chi connectivity index (χ3n) is 5.23. The Labute approximate surface area is 176 Å². The monoisotopic (exact) mass is 419 g/mol. The topological polar surface area (TPSA) is 95.5 Å². The largest absolute Gasteiger partial charge is 0.313 e. The summed E-state index contributed by atoms with van der Waals surface area (Å²) in [7, 11) is 0. The lowest BCUT2D eigenvalue weighted by atomic mass is 10.0. The van der Waals surface area contributed by atoms with Gasteiger partial charge in [0.25, 0.3) is 11.8 Å². The highest BCUT2D eigenvalue weighted by Gasteiger charge is 2.47. The van der Waals surface area contributed by atoms with Gasteiger partial charge < -0.3 is 10.2 Å². The summed E-state index contributed by atoms with van der Waals surface area (Å²) >= 11 is 1.29. The predicted molar refractivity (Wildman–Crippen MR) is 111 cm³/mol. The van der Waals surface area contributed by atoms with E-state index in [1.54, 1.807) is 41.0 Å². The van der Waals surface area contributed by atoms with Crippen molar-refractivity contribution in [3.05, 3.63) is 70.2 Å². The molecule has 150 valence electrons. The first-order valence-electron chi connectivity index (χ1n) is 9.47. The molecular weight excluding hydrogens is 402 g/mol. The normalized spacial score (nSPS) is 16.9. The standard InChI is InChI=1S/C21H17N5O3S/c1-12-23-24-21(30-12)22-17(27)10-11-25-18-13-6-2-3-7-14(13)20(29)26(18)16-9-5-4-8-15(16)19(25)28/h2-9,18H,10-11H2,1H3,(H,22,24,27)/t18-/m1/s1. The van der Waals surface area contributed by atoms with Gasteiger partial charge in [-0.2, -0.15) is 0 Å². The van der Waals surface area contributed by atoms with Gasteiger partial charge in [0.1, 0.15) is 11.2 Å². The van der Waals surface area contributed by atoms with Crippen LogP contribution in [-0.4, -0.2) is 39.4 Å². The van der Waals surface area contributed by atoms with Crippen LogP contribution in [0.2, 0.25) is 0 Å². The molecule has 0 saturated carbocycles. The molecular formula is C21H17N5O3S. The fraction of sp³-hybridized carbons (Fsp3) is 0.190. The second-order valence-corrected chi connectivity index (χ2v) is 8.26. The third kappa shape index (κ3) is 2.86. The van der Waals surface area contributed by atoms with E-state index in [0.717, 1.165) is 10.6 Å². The first-order valence-corrected chi connectivity index (χ1v) is 10.3. The highest BCUT2D eigenvalue weighted by atomic mass is 32.1. The number of carbonyl (C=O) groups excluding carboxylic acids is 3. The van der Waals surface area contributed by atoms with E-state index in [4.69, 9.17) is 0 Å². The van der Waals surface area contributed by atoms with E-state index in [9.17, 15) is 14.4 Å². The van der Waals surface area contributed by atoms with E-state index in [1.165, 1.54) is 11.3 Å². The molecule has 8 nitrogen and oxygen atoms in total. The summed E-state index contributed by atoms with van der Waals surface area (Å²) in [5, 5.41) is 11.7. The molecule has 0 spiro atoms. The Morgan fingerprint density at radius 3 is 2.53 bits per heavy atom. The Morgan fingerprint density at radius 2 is 1.77 bits per heavy atom. The molecule has 0 fully saturated rings. The molecule has 0 aliphatic carbocycles. The first-order chi connectivity index (χ1) is 14.5. The summed E-state index contributed by atoms with van der Waals surface area (Å²) in [6, 6.07) is 14.4. The van der Waals surface area contributed by atoms with Crippen LogP contribution in [-0.2, 0) is 4.79 Å². The van der Waals surface area contributed by atoms with Crippen LogP contribution in [0.25, 0.3) is 0 Å². The average molecular weight is 419 g/mol. The van der Waals surface area contributed by atoms with E-state index < -0.39 is 6.17 Å². The number of hydrogen-bond acceptors (Lipinski definition) is 6. The van der Waals surface area contributed by atoms with E-state index >= 15 is 0 Å². The summed E-state index contributed by atoms with van der Waals surface area (Å²) in [5.74, 6) is -0.604. The number of fused-ring (bicyclic) bond motifs is 5. The number of nitrogens with one attached hydrogen (secondary N) is 1. The molecule has 0 saturated heterocycles. The second-order valence-electron chi connectivity index (χ2n) is 7.08. The number of benzene rings is 2. The smallest absolute Gasteiger partial charge is 0.260 e. The average Bonchev–Trinajstić information content (AvgIpc) is 3.29. The molecule has 30 heavy (non-hydrogen) atoms. The van der Waals surface area contributed by atoms with Crippen molar-refractivity contribution in [2.75, 3.05) is 16.8 Å². The van der Waals surface area contributed by atoms with Gasteiger partial charge in [-0.15, -0.1) is 10.2 Å². The van der Waals surface area contributed by atoms with Gasteiger partial charge in [-0.05, 0) is 25.1 Å². The molecule has 1 aromatic heterocycles. The van der Waals surface area contributed by atoms with E-state index in [2.05, 4.69) is 15.5 Å². The maximum atomic E-state index is 13.3. The minimum Gasteiger partial charge on any atom is -0.313 e. The summed E-state index contributed by atoms with van der Waals surface area (Å²) in [4.78, 5) is 42.1. The molecule has 2 aliphatic rings. The Morgan fingerprint density at radius 1 is 1.03 bits per heavy atom. The van der Waals surface area contributed by atoms with Crippen molar-refractivity contribution >= 4 is 39.9 Å². The van der Waals surface area contributed by atoms with Gasteiger partial charge in [-0.1, -0.05) is 41.7 Å². The molecule has 0 unspecified atom stereocenters. The number of amides is 3. The van der Waals surface area contributed by atoms with Gasteiger partial charge >= 0.3 is 0 Å². The molecule has 3 heterocycles. The number of carbonyl (C=O) groups is 3. The fourth-order valence-corrected chi connectivity index (χ4v) is 4.56. The maximum absolute atomic E-state index is 13.3. The lowest BCUT2D eigenvalue weighted by molar-refractivity contribution is -0.116. The zero-order chi connectivity index (χ0) is 20.8. The fourth-order valence-electron chi connectivity index (χ4n) is 3.95. The van der Waals surface area contributed by atoms with Crippen molar-refractivity contribution in [2.24, 2.45) is 0 Å². The van der Waals surface area contributed by atoms with Crippen LogP contribution >= 0.6 is 11.3 Å². The summed E-state index contributed by atoms with van der Waals surface area (Å²) in [5.41, 5.74) is 2.39. The van der Waals surface area contributed by atoms with Crippen molar-refractivity contribution in [2.45, 2.75) is 19.5 Å². The summed E-state index contributed by atoms with van der Waals surface area (Å²) in [6.45, 7) is 1.97. The van der Waals surface area contributed by atoms with Crippen molar-refractivity contribution in [3.63, 3.8) is 0 Å². The molecule has 3 aromatic rings. The van der Waals surface area contributed by atoms with Gasteiger partial charge in [-0.3, -0.25) is 19.3 Å². The maximum Gasteiger partial charge on any atom is 0.260 e. The lowest BCUT2D eigenvalue weighted by Gasteiger charge is -2.40. The molecule has 2 aliphatic heterocycles. The van der Waals surface area contributed by atoms with Crippen molar-refractivity contribution < 1.29 is 14.4 Å². The SMILES string of the molecule is Cc1nnc(NC(=O)CCN2C(=O)c3ccccc3N3C(=O)c4ccccc4[C@H]23)s1. The summed E-state index contributed by atoms with van der Waals surface area (Å²) < 4.78 is 0. The molecule has 2 aromatic carbocycles. The quantitative estimate of drug-likeness (QED) is 0.701. The summed E-state index contributed by atoms with van der Waals surface area (Å²) in [6.07, 6.45) is -0.486. The van der Waals surface area contributed by atoms with Gasteiger partial charge in [0.05, 0.1) is 11.3 Å². The number of nitrogens with zero attached hydrogens (tertiary/aromatic N) is 4. The molecule has 9 heteroatoms. The van der Waals surface area contributed by atoms with Crippen LogP contribution in [0.15, 0.2) is 48.5 Å². The Kier molecular flexibility index (Phi) is 4.32. The number of rotatable bonds is 4. The number of para-hydroxylation sites is 1. The Hall–Kier alpha value is -3.59. The van der Waals surface area contributed by atoms with E-state index in [-0.39, 0.29) is 30.7 Å². The zero-order valence-electron chi connectivity index (χ0n) is 16.0. The number of hydrogen-bond donors (Lipinski definition) is 1. The second kappa shape index (κ2) is 7.03. The molecule has 1 atom stereocenters. The van der Waals surface area contributed by atoms with Crippen LogP contribution in [0.1, 0.15) is 43.9 Å². The highest BCUT2D eigenvalue weighted by Crippen LogP contribution is 2.45. The lowest BCUT2D eigenvalue weighted by Crippen LogP contribution is -2.48. The zero-order valence-corrected chi connectivity index (χ0v) is 16.8. The van der Waals surface area contributed by atoms with Gasteiger partial charge in [0, 0.05) is 24.1 Å². The third-order valence-corrected chi connectivity index (χ3v) is 5.99. The molecule has 1 N–H and O–H groups in total. The molecule has 0 radical (unpaired) electrons. The van der Waals surface area contributed by atoms with Crippen LogP contribution in [0.5, 0.6) is 0 Å². The van der Waals surface area contributed by atoms with Crippen LogP contribution in [0, 0.1) is 6.92 Å². The van der Waals surface area contributed by atoms with E-state index in [1.807, 2.05) is 24.3 Å². The van der Waals surface area contributed by atoms with E-state index in [0.29, 0.717) is 21.9 Å². The Bertz CT molecular complexity index is 1190. The van der Waals surface area contributed by atoms with Crippen LogP contribution < -0.4 is 10.2 Å². The van der Waals surface area contributed by atoms with Gasteiger partial charge in [0.2, 0.25) is 11.0 Å². The van der Waals surface area contributed by atoms with Gasteiger partial charge in [0.15, 0.2) is 0 Å². The van der Waals surface area contributed by atoms with Crippen molar-refractivity contribution in [3.8, 4) is 0 Å². The number of aromatic nitrogens is 2. The minimum absolute atomic E-state index is 0.0766. The number of aryl methyl sites for hydroxylation is 1. The first kappa shape index (κ1) is 18.4.